The summed E-state index contributed by atoms with van der Waals surface area (Å²) in [7, 11) is 0. The van der Waals surface area contributed by atoms with Crippen molar-refractivity contribution in [1.82, 2.24) is 9.97 Å². The summed E-state index contributed by atoms with van der Waals surface area (Å²) in [5, 5.41) is 0. The van der Waals surface area contributed by atoms with E-state index < -0.39 is 6.04 Å². The predicted molar refractivity (Wildman–Crippen MR) is 51.6 cm³/mol. The fraction of sp³-hybridized carbons (Fsp3) is 0.556. The molecule has 0 aliphatic heterocycles. The normalized spacial score (nSPS) is 12.5. The van der Waals surface area contributed by atoms with Crippen molar-refractivity contribution >= 4 is 5.97 Å². The Morgan fingerprint density at radius 1 is 1.79 bits per heavy atom. The number of rotatable bonds is 4. The van der Waals surface area contributed by atoms with Crippen molar-refractivity contribution in [2.75, 3.05) is 6.61 Å². The zero-order chi connectivity index (χ0) is 10.6. The van der Waals surface area contributed by atoms with Crippen molar-refractivity contribution < 1.29 is 9.53 Å². The lowest BCUT2D eigenvalue weighted by atomic mass is 10.2. The van der Waals surface area contributed by atoms with Crippen molar-refractivity contribution in [2.24, 2.45) is 5.73 Å². The number of aryl methyl sites for hydroxylation is 1. The molecule has 0 aromatic carbocycles. The fourth-order valence-electron chi connectivity index (χ4n) is 1.14. The molecule has 14 heavy (non-hydrogen) atoms. The van der Waals surface area contributed by atoms with Gasteiger partial charge >= 0.3 is 5.97 Å². The molecule has 78 valence electrons. The van der Waals surface area contributed by atoms with Crippen LogP contribution in [0.5, 0.6) is 0 Å². The third-order valence-electron chi connectivity index (χ3n) is 1.78. The van der Waals surface area contributed by atoms with Crippen molar-refractivity contribution in [3.8, 4) is 0 Å². The van der Waals surface area contributed by atoms with Gasteiger partial charge in [-0.2, -0.15) is 0 Å². The van der Waals surface area contributed by atoms with E-state index in [0.717, 1.165) is 11.5 Å². The van der Waals surface area contributed by atoms with Gasteiger partial charge in [0.1, 0.15) is 11.9 Å². The number of hydrogen-bond donors (Lipinski definition) is 2. The van der Waals surface area contributed by atoms with Crippen LogP contribution in [0.15, 0.2) is 6.20 Å². The molecule has 3 N–H and O–H groups in total. The second-order valence-corrected chi connectivity index (χ2v) is 3.06. The second-order valence-electron chi connectivity index (χ2n) is 3.06. The molecule has 0 spiro atoms. The van der Waals surface area contributed by atoms with Gasteiger partial charge in [0.2, 0.25) is 0 Å². The molecule has 1 heterocycles. The van der Waals surface area contributed by atoms with E-state index in [1.807, 2.05) is 6.92 Å². The number of hydrogen-bond acceptors (Lipinski definition) is 4. The number of carbonyl (C=O) groups excluding carboxylic acids is 1. The van der Waals surface area contributed by atoms with Gasteiger partial charge < -0.3 is 15.5 Å². The number of H-pyrrole nitrogens is 1. The predicted octanol–water partition coefficient (Wildman–Crippen LogP) is 0.151. The van der Waals surface area contributed by atoms with Gasteiger partial charge in [0.15, 0.2) is 0 Å². The van der Waals surface area contributed by atoms with Gasteiger partial charge in [-0.25, -0.2) is 4.98 Å². The molecule has 1 aromatic rings. The van der Waals surface area contributed by atoms with Gasteiger partial charge in [0.25, 0.3) is 0 Å². The molecule has 0 radical (unpaired) electrons. The summed E-state index contributed by atoms with van der Waals surface area (Å²) in [4.78, 5) is 18.2. The first-order valence-corrected chi connectivity index (χ1v) is 4.56. The Labute approximate surface area is 82.7 Å². The first-order valence-electron chi connectivity index (χ1n) is 4.56. The third-order valence-corrected chi connectivity index (χ3v) is 1.78. The number of ether oxygens (including phenoxy) is 1. The summed E-state index contributed by atoms with van der Waals surface area (Å²) in [6, 6.07) is -0.616. The molecule has 1 atom stereocenters. The van der Waals surface area contributed by atoms with Gasteiger partial charge in [-0.3, -0.25) is 4.79 Å². The standard InChI is InChI=1S/C9H15N3O2/c1-3-14-9(13)8(10)4-7-5-11-6(2)12-7/h5,8H,3-4,10H2,1-2H3,(H,11,12). The van der Waals surface area contributed by atoms with E-state index in [-0.39, 0.29) is 5.97 Å². The lowest BCUT2D eigenvalue weighted by Gasteiger charge is -2.08. The minimum atomic E-state index is -0.616. The number of aromatic nitrogens is 2. The van der Waals surface area contributed by atoms with E-state index in [1.165, 1.54) is 0 Å². The number of carbonyl (C=O) groups is 1. The molecule has 0 saturated heterocycles. The third kappa shape index (κ3) is 2.85. The largest absolute Gasteiger partial charge is 0.465 e. The van der Waals surface area contributed by atoms with E-state index in [0.29, 0.717) is 13.0 Å². The molecule has 5 heteroatoms. The maximum absolute atomic E-state index is 11.2. The summed E-state index contributed by atoms with van der Waals surface area (Å²) >= 11 is 0. The van der Waals surface area contributed by atoms with Crippen molar-refractivity contribution in [2.45, 2.75) is 26.3 Å². The highest BCUT2D eigenvalue weighted by molar-refractivity contribution is 5.75. The first kappa shape index (κ1) is 10.7. The minimum absolute atomic E-state index is 0.356. The molecule has 0 aliphatic rings. The van der Waals surface area contributed by atoms with Crippen LogP contribution < -0.4 is 5.73 Å². The van der Waals surface area contributed by atoms with Gasteiger partial charge in [-0.05, 0) is 13.8 Å². The molecule has 1 unspecified atom stereocenters. The van der Waals surface area contributed by atoms with Crippen molar-refractivity contribution in [1.29, 1.82) is 0 Å². The lowest BCUT2D eigenvalue weighted by molar-refractivity contribution is -0.144. The van der Waals surface area contributed by atoms with Crippen LogP contribution in [0.4, 0.5) is 0 Å². The van der Waals surface area contributed by atoms with Gasteiger partial charge in [-0.1, -0.05) is 0 Å². The molecular weight excluding hydrogens is 182 g/mol. The summed E-state index contributed by atoms with van der Waals surface area (Å²) < 4.78 is 4.78. The van der Waals surface area contributed by atoms with E-state index in [9.17, 15) is 4.79 Å². The Morgan fingerprint density at radius 2 is 2.50 bits per heavy atom. The molecule has 0 saturated carbocycles. The van der Waals surface area contributed by atoms with Crippen LogP contribution in [-0.4, -0.2) is 28.6 Å². The van der Waals surface area contributed by atoms with E-state index in [1.54, 1.807) is 13.1 Å². The van der Waals surface area contributed by atoms with E-state index >= 15 is 0 Å². The summed E-state index contributed by atoms with van der Waals surface area (Å²) in [6.07, 6.45) is 2.11. The van der Waals surface area contributed by atoms with E-state index in [4.69, 9.17) is 10.5 Å². The molecule has 0 fully saturated rings. The van der Waals surface area contributed by atoms with Gasteiger partial charge in [0.05, 0.1) is 6.61 Å². The van der Waals surface area contributed by atoms with Gasteiger partial charge in [-0.15, -0.1) is 0 Å². The quantitative estimate of drug-likeness (QED) is 0.673. The van der Waals surface area contributed by atoms with Crippen molar-refractivity contribution in [3.63, 3.8) is 0 Å². The SMILES string of the molecule is CCOC(=O)C(N)Cc1cnc(C)[nH]1. The molecule has 5 nitrogen and oxygen atoms in total. The number of imidazole rings is 1. The molecule has 0 amide bonds. The van der Waals surface area contributed by atoms with Crippen LogP contribution in [0.25, 0.3) is 0 Å². The number of nitrogens with two attached hydrogens (primary N) is 1. The summed E-state index contributed by atoms with van der Waals surface area (Å²) in [5.41, 5.74) is 6.47. The Morgan fingerprint density at radius 3 is 3.00 bits per heavy atom. The highest BCUT2D eigenvalue weighted by Gasteiger charge is 2.15. The topological polar surface area (TPSA) is 81.0 Å². The molecule has 1 aromatic heterocycles. The Balaban J connectivity index is 2.48. The zero-order valence-electron chi connectivity index (χ0n) is 8.41. The van der Waals surface area contributed by atoms with Gasteiger partial charge in [0, 0.05) is 18.3 Å². The maximum atomic E-state index is 11.2. The molecule has 0 aliphatic carbocycles. The summed E-state index contributed by atoms with van der Waals surface area (Å²) in [6.45, 7) is 3.96. The van der Waals surface area contributed by atoms with Crippen LogP contribution in [0.2, 0.25) is 0 Å². The highest BCUT2D eigenvalue weighted by Crippen LogP contribution is 2.00. The van der Waals surface area contributed by atoms with Crippen LogP contribution in [0.3, 0.4) is 0 Å². The Kier molecular flexibility index (Phi) is 3.64. The number of aromatic amines is 1. The monoisotopic (exact) mass is 197 g/mol. The second kappa shape index (κ2) is 4.76. The average Bonchev–Trinajstić information content (AvgIpc) is 2.51. The smallest absolute Gasteiger partial charge is 0.323 e. The molecule has 0 bridgehead atoms. The summed E-state index contributed by atoms with van der Waals surface area (Å²) in [5.74, 6) is 0.441. The first-order chi connectivity index (χ1) is 6.63. The van der Waals surface area contributed by atoms with Crippen LogP contribution in [0.1, 0.15) is 18.4 Å². The fourth-order valence-corrected chi connectivity index (χ4v) is 1.14. The average molecular weight is 197 g/mol. The Bertz CT molecular complexity index is 309. The zero-order valence-corrected chi connectivity index (χ0v) is 8.41. The molecule has 1 rings (SSSR count). The van der Waals surface area contributed by atoms with E-state index in [2.05, 4.69) is 9.97 Å². The van der Waals surface area contributed by atoms with Crippen molar-refractivity contribution in [3.05, 3.63) is 17.7 Å². The van der Waals surface area contributed by atoms with Crippen LogP contribution in [-0.2, 0) is 16.0 Å². The molecular formula is C9H15N3O2. The van der Waals surface area contributed by atoms with Crippen LogP contribution >= 0.6 is 0 Å². The lowest BCUT2D eigenvalue weighted by Crippen LogP contribution is -2.34. The number of esters is 1. The maximum Gasteiger partial charge on any atom is 0.323 e. The Hall–Kier alpha value is -1.36. The number of nitrogens with one attached hydrogen (secondary N) is 1. The highest BCUT2D eigenvalue weighted by atomic mass is 16.5. The minimum Gasteiger partial charge on any atom is -0.465 e. The van der Waals surface area contributed by atoms with Crippen LogP contribution in [0, 0.1) is 6.92 Å². The number of nitrogens with zero attached hydrogens (tertiary/aromatic N) is 1.